The Morgan fingerprint density at radius 3 is 2.85 bits per heavy atom. The first-order valence-corrected chi connectivity index (χ1v) is 8.44. The Bertz CT molecular complexity index is 687. The fourth-order valence-electron chi connectivity index (χ4n) is 2.43. The van der Waals surface area contributed by atoms with Crippen LogP contribution >= 0.6 is 0 Å². The van der Waals surface area contributed by atoms with Crippen LogP contribution < -0.4 is 16.0 Å². The van der Waals surface area contributed by atoms with Crippen molar-refractivity contribution in [3.8, 4) is 0 Å². The van der Waals surface area contributed by atoms with Gasteiger partial charge in [0.05, 0.1) is 6.54 Å². The summed E-state index contributed by atoms with van der Waals surface area (Å²) in [4.78, 5) is 38.8. The SMILES string of the molecule is CN(C)CC=CC(=O)NCC(=O)Nc1cccc(CN2CCNC2=O)c1. The lowest BCUT2D eigenvalue weighted by Gasteiger charge is -2.15. The maximum Gasteiger partial charge on any atom is 0.317 e. The summed E-state index contributed by atoms with van der Waals surface area (Å²) < 4.78 is 0. The number of nitrogens with one attached hydrogen (secondary N) is 3. The summed E-state index contributed by atoms with van der Waals surface area (Å²) in [7, 11) is 3.81. The largest absolute Gasteiger partial charge is 0.343 e. The fraction of sp³-hybridized carbons (Fsp3) is 0.389. The first kappa shape index (κ1) is 19.5. The summed E-state index contributed by atoms with van der Waals surface area (Å²) in [6.45, 7) is 2.36. The molecule has 0 atom stereocenters. The van der Waals surface area contributed by atoms with E-state index in [0.29, 0.717) is 31.9 Å². The van der Waals surface area contributed by atoms with E-state index < -0.39 is 0 Å². The van der Waals surface area contributed by atoms with Crippen LogP contribution in [0, 0.1) is 0 Å². The highest BCUT2D eigenvalue weighted by atomic mass is 16.2. The van der Waals surface area contributed by atoms with Crippen molar-refractivity contribution in [2.45, 2.75) is 6.54 Å². The molecule has 8 nitrogen and oxygen atoms in total. The quantitative estimate of drug-likeness (QED) is 0.585. The topological polar surface area (TPSA) is 93.8 Å². The van der Waals surface area contributed by atoms with Crippen LogP contribution in [-0.2, 0) is 16.1 Å². The molecular formula is C18H25N5O3. The number of urea groups is 1. The molecule has 140 valence electrons. The Balaban J connectivity index is 1.79. The van der Waals surface area contributed by atoms with Gasteiger partial charge in [0.1, 0.15) is 0 Å². The second-order valence-corrected chi connectivity index (χ2v) is 6.28. The number of rotatable bonds is 8. The third-order valence-electron chi connectivity index (χ3n) is 3.69. The number of hydrogen-bond acceptors (Lipinski definition) is 4. The van der Waals surface area contributed by atoms with E-state index >= 15 is 0 Å². The van der Waals surface area contributed by atoms with Crippen molar-refractivity contribution in [2.24, 2.45) is 0 Å². The molecule has 1 fully saturated rings. The molecule has 1 saturated heterocycles. The van der Waals surface area contributed by atoms with E-state index in [1.165, 1.54) is 6.08 Å². The fourth-order valence-corrected chi connectivity index (χ4v) is 2.43. The van der Waals surface area contributed by atoms with Gasteiger partial charge in [0.2, 0.25) is 11.8 Å². The Hall–Kier alpha value is -2.87. The minimum absolute atomic E-state index is 0.0792. The number of carbonyl (C=O) groups excluding carboxylic acids is 3. The van der Waals surface area contributed by atoms with Gasteiger partial charge in [0, 0.05) is 37.9 Å². The highest BCUT2D eigenvalue weighted by Gasteiger charge is 2.19. The van der Waals surface area contributed by atoms with E-state index in [2.05, 4.69) is 16.0 Å². The summed E-state index contributed by atoms with van der Waals surface area (Å²) in [5.41, 5.74) is 1.56. The van der Waals surface area contributed by atoms with Gasteiger partial charge in [0.25, 0.3) is 0 Å². The van der Waals surface area contributed by atoms with Gasteiger partial charge in [0.15, 0.2) is 0 Å². The van der Waals surface area contributed by atoms with E-state index in [1.807, 2.05) is 37.2 Å². The molecule has 3 N–H and O–H groups in total. The molecule has 0 aromatic heterocycles. The number of anilines is 1. The van der Waals surface area contributed by atoms with Gasteiger partial charge in [-0.25, -0.2) is 4.79 Å². The summed E-state index contributed by atoms with van der Waals surface area (Å²) in [6, 6.07) is 7.23. The number of likely N-dealkylation sites (N-methyl/N-ethyl adjacent to an activating group) is 1. The highest BCUT2D eigenvalue weighted by Crippen LogP contribution is 2.13. The van der Waals surface area contributed by atoms with E-state index in [4.69, 9.17) is 0 Å². The van der Waals surface area contributed by atoms with Crippen LogP contribution in [0.15, 0.2) is 36.4 Å². The van der Waals surface area contributed by atoms with Gasteiger partial charge in [-0.2, -0.15) is 0 Å². The average molecular weight is 359 g/mol. The Labute approximate surface area is 153 Å². The summed E-state index contributed by atoms with van der Waals surface area (Å²) in [6.07, 6.45) is 3.14. The normalized spacial score (nSPS) is 14.0. The van der Waals surface area contributed by atoms with Gasteiger partial charge >= 0.3 is 6.03 Å². The second-order valence-electron chi connectivity index (χ2n) is 6.28. The zero-order valence-corrected chi connectivity index (χ0v) is 15.1. The summed E-state index contributed by atoms with van der Waals surface area (Å²) in [5.74, 6) is -0.619. The molecule has 1 aliphatic rings. The number of carbonyl (C=O) groups is 3. The Kier molecular flexibility index (Phi) is 7.16. The zero-order chi connectivity index (χ0) is 18.9. The van der Waals surface area contributed by atoms with E-state index in [1.54, 1.807) is 17.0 Å². The van der Waals surface area contributed by atoms with Crippen molar-refractivity contribution in [1.82, 2.24) is 20.4 Å². The van der Waals surface area contributed by atoms with Crippen molar-refractivity contribution in [2.75, 3.05) is 45.6 Å². The zero-order valence-electron chi connectivity index (χ0n) is 15.1. The minimum Gasteiger partial charge on any atom is -0.343 e. The van der Waals surface area contributed by atoms with Crippen molar-refractivity contribution in [3.05, 3.63) is 42.0 Å². The molecular weight excluding hydrogens is 334 g/mol. The first-order valence-electron chi connectivity index (χ1n) is 8.44. The summed E-state index contributed by atoms with van der Waals surface area (Å²) >= 11 is 0. The molecule has 8 heteroatoms. The lowest BCUT2D eigenvalue weighted by atomic mass is 10.2. The maximum atomic E-state index is 12.0. The molecule has 0 aliphatic carbocycles. The van der Waals surface area contributed by atoms with Gasteiger partial charge in [-0.1, -0.05) is 18.2 Å². The van der Waals surface area contributed by atoms with E-state index in [0.717, 1.165) is 5.56 Å². The molecule has 1 aromatic rings. The number of benzene rings is 1. The number of hydrogen-bond donors (Lipinski definition) is 3. The molecule has 0 unspecified atom stereocenters. The molecule has 0 saturated carbocycles. The monoisotopic (exact) mass is 359 g/mol. The van der Waals surface area contributed by atoms with Crippen LogP contribution in [0.5, 0.6) is 0 Å². The van der Waals surface area contributed by atoms with Crippen LogP contribution in [0.1, 0.15) is 5.56 Å². The first-order chi connectivity index (χ1) is 12.4. The van der Waals surface area contributed by atoms with Crippen molar-refractivity contribution >= 4 is 23.5 Å². The van der Waals surface area contributed by atoms with Crippen molar-refractivity contribution in [1.29, 1.82) is 0 Å². The predicted octanol–water partition coefficient (Wildman–Crippen LogP) is 0.384. The van der Waals surface area contributed by atoms with Gasteiger partial charge < -0.3 is 25.8 Å². The number of amides is 4. The lowest BCUT2D eigenvalue weighted by Crippen LogP contribution is -2.32. The van der Waals surface area contributed by atoms with Gasteiger partial charge in [-0.05, 0) is 31.8 Å². The van der Waals surface area contributed by atoms with E-state index in [9.17, 15) is 14.4 Å². The van der Waals surface area contributed by atoms with Crippen molar-refractivity contribution < 1.29 is 14.4 Å². The van der Waals surface area contributed by atoms with Crippen molar-refractivity contribution in [3.63, 3.8) is 0 Å². The Morgan fingerprint density at radius 1 is 1.35 bits per heavy atom. The minimum atomic E-state index is -0.310. The van der Waals surface area contributed by atoms with Crippen LogP contribution in [0.2, 0.25) is 0 Å². The molecule has 0 bridgehead atoms. The van der Waals surface area contributed by atoms with Crippen LogP contribution in [-0.4, -0.2) is 67.9 Å². The number of nitrogens with zero attached hydrogens (tertiary/aromatic N) is 2. The smallest absolute Gasteiger partial charge is 0.317 e. The van der Waals surface area contributed by atoms with E-state index in [-0.39, 0.29) is 24.4 Å². The molecule has 1 aliphatic heterocycles. The van der Waals surface area contributed by atoms with Gasteiger partial charge in [-0.15, -0.1) is 0 Å². The van der Waals surface area contributed by atoms with Crippen LogP contribution in [0.25, 0.3) is 0 Å². The average Bonchev–Trinajstić information content (AvgIpc) is 2.98. The summed E-state index contributed by atoms with van der Waals surface area (Å²) in [5, 5.41) is 8.03. The Morgan fingerprint density at radius 2 is 2.15 bits per heavy atom. The molecule has 4 amide bonds. The maximum absolute atomic E-state index is 12.0. The second kappa shape index (κ2) is 9.57. The molecule has 2 rings (SSSR count). The molecule has 0 spiro atoms. The van der Waals surface area contributed by atoms with Gasteiger partial charge in [-0.3, -0.25) is 9.59 Å². The highest BCUT2D eigenvalue weighted by molar-refractivity contribution is 5.96. The molecule has 26 heavy (non-hydrogen) atoms. The molecule has 0 radical (unpaired) electrons. The third kappa shape index (κ3) is 6.56. The predicted molar refractivity (Wildman–Crippen MR) is 99.6 cm³/mol. The van der Waals surface area contributed by atoms with Crippen LogP contribution in [0.4, 0.5) is 10.5 Å². The van der Waals surface area contributed by atoms with Crippen LogP contribution in [0.3, 0.4) is 0 Å². The third-order valence-corrected chi connectivity index (χ3v) is 3.69. The molecule has 1 aromatic carbocycles. The lowest BCUT2D eigenvalue weighted by molar-refractivity contribution is -0.121. The standard InChI is InChI=1S/C18H25N5O3/c1-22(2)9-4-7-16(24)20-12-17(25)21-15-6-3-5-14(11-15)13-23-10-8-19-18(23)26/h3-7,11H,8-10,12-13H2,1-2H3,(H,19,26)(H,20,24)(H,21,25). The molecule has 1 heterocycles.